The van der Waals surface area contributed by atoms with Gasteiger partial charge in [0.2, 0.25) is 0 Å². The minimum Gasteiger partial charge on any atom is -0.501 e. The molecule has 359 valence electrons. The van der Waals surface area contributed by atoms with Crippen LogP contribution in [0.5, 0.6) is 0 Å². The van der Waals surface area contributed by atoms with Crippen molar-refractivity contribution in [3.8, 4) is 39.5 Å². The average Bonchev–Trinajstić information content (AvgIpc) is 3.95. The van der Waals surface area contributed by atoms with E-state index in [0.717, 1.165) is 66.7 Å². The number of imidazole rings is 1. The van der Waals surface area contributed by atoms with Gasteiger partial charge in [-0.1, -0.05) is 183 Å². The zero-order valence-electron chi connectivity index (χ0n) is 46.6. The third-order valence-electron chi connectivity index (χ3n) is 13.9. The predicted octanol–water partition coefficient (Wildman–Crippen LogP) is 17.8. The van der Waals surface area contributed by atoms with Crippen LogP contribution in [0, 0.1) is 32.8 Å². The fraction of sp³-hybridized carbons (Fsp3) is 0.231. The van der Waals surface area contributed by atoms with Crippen molar-refractivity contribution in [2.45, 2.75) is 99.6 Å². The standard InChI is InChI=1S/C47H39N2O.C18H24NSi.Ir/c1-27(2)36-24-34(31-14-8-7-9-15-31)25-37(28(3)4)45(36)49-42-19-13-12-18-41(42)48-47(49)40-22-29(5)30(6)44-39-23-33-21-20-32-16-10-11-17-35(32)38(33)26-43(39)50-46(40)44;1-13(2)16-11-17(15-9-7-14(3)8-10-15)19-12-18(16)20(4,5)6;/h7-21,23-28H,1-6H3;7-9,11-13H,1-6H3;/q2*-1;/i;3D3,13D;. The molecule has 0 saturated carbocycles. The van der Waals surface area contributed by atoms with Gasteiger partial charge >= 0.3 is 0 Å². The molecule has 0 saturated heterocycles. The van der Waals surface area contributed by atoms with Crippen LogP contribution in [0.25, 0.3) is 94.0 Å². The van der Waals surface area contributed by atoms with Crippen molar-refractivity contribution in [3.05, 3.63) is 191 Å². The Hall–Kier alpha value is -6.43. The smallest absolute Gasteiger partial charge is 0.121 e. The average molecular weight is 1130 g/mol. The molecule has 6 heteroatoms. The Morgan fingerprint density at radius 1 is 0.690 bits per heavy atom. The zero-order chi connectivity index (χ0) is 52.6. The molecule has 0 spiro atoms. The molecule has 1 radical (unpaired) electrons. The molecule has 11 rings (SSSR count). The van der Waals surface area contributed by atoms with E-state index in [4.69, 9.17) is 14.9 Å². The van der Waals surface area contributed by atoms with E-state index < -0.39 is 20.8 Å². The van der Waals surface area contributed by atoms with Gasteiger partial charge in [-0.2, -0.15) is 0 Å². The molecule has 0 aliphatic rings. The Kier molecular flexibility index (Phi) is 12.3. The van der Waals surface area contributed by atoms with Crippen LogP contribution in [0.2, 0.25) is 19.6 Å². The van der Waals surface area contributed by atoms with Gasteiger partial charge in [0.15, 0.2) is 0 Å². The number of aryl methyl sites for hydroxylation is 3. The molecule has 0 N–H and O–H groups in total. The van der Waals surface area contributed by atoms with E-state index in [-0.39, 0.29) is 37.5 Å². The molecular weight excluding hydrogens is 1060 g/mol. The molecule has 0 unspecified atom stereocenters. The number of hydrogen-bond acceptors (Lipinski definition) is 3. The second-order valence-electron chi connectivity index (χ2n) is 20.7. The number of pyridine rings is 1. The molecule has 0 aliphatic heterocycles. The van der Waals surface area contributed by atoms with Gasteiger partial charge in [-0.05, 0) is 109 Å². The first-order valence-electron chi connectivity index (χ1n) is 26.5. The number of rotatable bonds is 8. The van der Waals surface area contributed by atoms with Gasteiger partial charge in [-0.15, -0.1) is 52.6 Å². The third kappa shape index (κ3) is 9.23. The fourth-order valence-electron chi connectivity index (χ4n) is 10.1. The molecule has 0 bridgehead atoms. The summed E-state index contributed by atoms with van der Waals surface area (Å²) in [6.07, 6.45) is 1.89. The molecule has 71 heavy (non-hydrogen) atoms. The Bertz CT molecular complexity index is 3910. The van der Waals surface area contributed by atoms with Crippen molar-refractivity contribution in [1.29, 1.82) is 0 Å². The van der Waals surface area contributed by atoms with Gasteiger partial charge in [-0.3, -0.25) is 4.98 Å². The van der Waals surface area contributed by atoms with Crippen molar-refractivity contribution >= 4 is 67.8 Å². The van der Waals surface area contributed by atoms with Crippen molar-refractivity contribution in [1.82, 2.24) is 14.5 Å². The van der Waals surface area contributed by atoms with E-state index in [0.29, 0.717) is 0 Å². The topological polar surface area (TPSA) is 43.9 Å². The Morgan fingerprint density at radius 2 is 1.38 bits per heavy atom. The third-order valence-corrected chi connectivity index (χ3v) is 15.9. The first-order chi connectivity index (χ1) is 35.1. The molecule has 11 aromatic rings. The summed E-state index contributed by atoms with van der Waals surface area (Å²) in [5.74, 6) is 0.686. The fourth-order valence-corrected chi connectivity index (χ4v) is 11.6. The van der Waals surface area contributed by atoms with Crippen molar-refractivity contribution < 1.29 is 30.0 Å². The van der Waals surface area contributed by atoms with Crippen molar-refractivity contribution in [2.75, 3.05) is 0 Å². The maximum Gasteiger partial charge on any atom is 0.121 e. The molecule has 8 aromatic carbocycles. The molecule has 0 aliphatic carbocycles. The van der Waals surface area contributed by atoms with Gasteiger partial charge in [0, 0.05) is 42.9 Å². The van der Waals surface area contributed by atoms with Gasteiger partial charge in [-0.25, -0.2) is 0 Å². The number of furan rings is 1. The van der Waals surface area contributed by atoms with Crippen LogP contribution in [-0.2, 0) is 20.1 Å². The largest absolute Gasteiger partial charge is 0.501 e. The summed E-state index contributed by atoms with van der Waals surface area (Å²) < 4.78 is 40.2. The van der Waals surface area contributed by atoms with Crippen LogP contribution in [0.4, 0.5) is 0 Å². The van der Waals surface area contributed by atoms with E-state index in [9.17, 15) is 0 Å². The van der Waals surface area contributed by atoms with E-state index in [1.165, 1.54) is 66.3 Å². The number of para-hydroxylation sites is 2. The Balaban J connectivity index is 0.000000233. The summed E-state index contributed by atoms with van der Waals surface area (Å²) in [7, 11) is -1.61. The molecular formula is C65H63IrN3OSi-2. The molecule has 0 fully saturated rings. The van der Waals surface area contributed by atoms with Crippen LogP contribution in [-0.4, -0.2) is 22.6 Å². The number of hydrogen-bond donors (Lipinski definition) is 0. The normalized spacial score (nSPS) is 13.1. The number of aromatic nitrogens is 3. The minimum atomic E-state index is -2.13. The molecule has 0 atom stereocenters. The first kappa shape index (κ1) is 44.5. The summed E-state index contributed by atoms with van der Waals surface area (Å²) in [5, 5.41) is 8.31. The second-order valence-corrected chi connectivity index (χ2v) is 25.7. The van der Waals surface area contributed by atoms with Crippen LogP contribution >= 0.6 is 0 Å². The van der Waals surface area contributed by atoms with Crippen LogP contribution in [0.3, 0.4) is 0 Å². The van der Waals surface area contributed by atoms with Crippen molar-refractivity contribution in [2.24, 2.45) is 0 Å². The molecule has 4 nitrogen and oxygen atoms in total. The van der Waals surface area contributed by atoms with E-state index in [1.54, 1.807) is 12.1 Å². The molecule has 3 heterocycles. The van der Waals surface area contributed by atoms with Gasteiger partial charge in [0.05, 0.1) is 30.5 Å². The maximum atomic E-state index is 8.48. The van der Waals surface area contributed by atoms with Crippen LogP contribution in [0.15, 0.2) is 150 Å². The summed E-state index contributed by atoms with van der Waals surface area (Å²) in [6, 6.07) is 55.2. The summed E-state index contributed by atoms with van der Waals surface area (Å²) in [6.45, 7) is 21.9. The summed E-state index contributed by atoms with van der Waals surface area (Å²) in [4.78, 5) is 9.96. The molecule has 0 amide bonds. The van der Waals surface area contributed by atoms with Crippen LogP contribution in [0.1, 0.15) is 98.1 Å². The summed E-state index contributed by atoms with van der Waals surface area (Å²) in [5.41, 5.74) is 15.9. The number of nitrogens with zero attached hydrogens (tertiary/aromatic N) is 3. The van der Waals surface area contributed by atoms with E-state index in [1.807, 2.05) is 26.1 Å². The Morgan fingerprint density at radius 3 is 2.06 bits per heavy atom. The predicted molar refractivity (Wildman–Crippen MR) is 301 cm³/mol. The van der Waals surface area contributed by atoms with E-state index in [2.05, 4.69) is 198 Å². The zero-order valence-corrected chi connectivity index (χ0v) is 46.0. The molecule has 3 aromatic heterocycles. The second kappa shape index (κ2) is 19.6. The SMILES string of the molecule is Cc1[c-]c(-c2nc3ccccc3n2-c2c(C(C)C)cc(-c3ccccc3)cc2C(C)C)c2oc3cc4c(ccc5ccccc54)cc3c2c1C.[2H]C([2H])([2H])c1c[c-]c(-c2cc(C([2H])(C)C)c([Si](C)(C)C)cn2)cc1.[Ir]. The van der Waals surface area contributed by atoms with Crippen LogP contribution < -0.4 is 5.19 Å². The Labute approximate surface area is 440 Å². The van der Waals surface area contributed by atoms with Gasteiger partial charge < -0.3 is 14.0 Å². The quantitative estimate of drug-likeness (QED) is 0.0865. The van der Waals surface area contributed by atoms with E-state index >= 15 is 0 Å². The van der Waals surface area contributed by atoms with Gasteiger partial charge in [0.25, 0.3) is 0 Å². The van der Waals surface area contributed by atoms with Crippen molar-refractivity contribution in [3.63, 3.8) is 0 Å². The monoisotopic (exact) mass is 1130 g/mol. The minimum absolute atomic E-state index is 0. The summed E-state index contributed by atoms with van der Waals surface area (Å²) >= 11 is 0. The first-order valence-corrected chi connectivity index (χ1v) is 28.0. The maximum absolute atomic E-state index is 8.48. The number of fused-ring (bicyclic) bond motifs is 7. The number of benzene rings is 8. The van der Waals surface area contributed by atoms with Gasteiger partial charge in [0.1, 0.15) is 5.58 Å².